The van der Waals surface area contributed by atoms with Crippen LogP contribution in [0.4, 0.5) is 0 Å². The molecule has 250 valence electrons. The van der Waals surface area contributed by atoms with Gasteiger partial charge in [0.1, 0.15) is 23.0 Å². The zero-order valence-corrected chi connectivity index (χ0v) is 26.7. The van der Waals surface area contributed by atoms with Gasteiger partial charge in [-0.25, -0.2) is 0 Å². The number of hydrogen-bond donors (Lipinski definition) is 3. The summed E-state index contributed by atoms with van der Waals surface area (Å²) in [6.45, 7) is 0.404. The van der Waals surface area contributed by atoms with Crippen LogP contribution >= 0.6 is 0 Å². The van der Waals surface area contributed by atoms with E-state index < -0.39 is 35.5 Å². The minimum absolute atomic E-state index is 0.0951. The largest absolute Gasteiger partial charge is 0.508 e. The van der Waals surface area contributed by atoms with Crippen LogP contribution in [0.1, 0.15) is 29.5 Å². The van der Waals surface area contributed by atoms with Crippen molar-refractivity contribution >= 4 is 23.6 Å². The third kappa shape index (κ3) is 5.26. The zero-order chi connectivity index (χ0) is 34.0. The number of imide groups is 2. The van der Waals surface area contributed by atoms with Gasteiger partial charge in [-0.2, -0.15) is 0 Å². The van der Waals surface area contributed by atoms with E-state index in [1.165, 1.54) is 9.80 Å². The Bertz CT molecular complexity index is 1930. The molecular weight excluding hydrogens is 624 g/mol. The van der Waals surface area contributed by atoms with Crippen LogP contribution in [-0.4, -0.2) is 61.8 Å². The standard InChI is InChI=1S/C39H36N2O8/c42-25-5-1-21(2-6-25)13-15-40-36(45)29-11-10-28-30(34(29)38(40)47)19-31-35(33(28)24-17-23-18-27(44)9-12-32(23)49-20-24)39(48)41(37(31)46)16-14-22-3-7-26(43)8-4-22/h1-10,12,18,20,29-31,33-35,42-44H,11,13-17,19H2. The van der Waals surface area contributed by atoms with Crippen molar-refractivity contribution in [3.8, 4) is 23.0 Å². The highest BCUT2D eigenvalue weighted by Gasteiger charge is 2.62. The van der Waals surface area contributed by atoms with Crippen LogP contribution in [0.5, 0.6) is 23.0 Å². The second-order valence-electron chi connectivity index (χ2n) is 13.8. The first-order valence-corrected chi connectivity index (χ1v) is 16.8. The van der Waals surface area contributed by atoms with E-state index in [1.807, 2.05) is 6.08 Å². The van der Waals surface area contributed by atoms with Crippen LogP contribution in [0.15, 0.2) is 90.2 Å². The molecule has 10 nitrogen and oxygen atoms in total. The molecule has 6 atom stereocenters. The fourth-order valence-electron chi connectivity index (χ4n) is 8.79. The number of phenolic OH excluding ortho intramolecular Hbond substituents is 3. The molecule has 2 aliphatic carbocycles. The molecule has 0 radical (unpaired) electrons. The Balaban J connectivity index is 1.11. The van der Waals surface area contributed by atoms with Gasteiger partial charge in [-0.1, -0.05) is 35.9 Å². The summed E-state index contributed by atoms with van der Waals surface area (Å²) in [4.78, 5) is 59.0. The van der Waals surface area contributed by atoms with Crippen LogP contribution in [0.2, 0.25) is 0 Å². The number of carbonyl (C=O) groups excluding carboxylic acids is 4. The number of fused-ring (bicyclic) bond motifs is 5. The highest BCUT2D eigenvalue weighted by Crippen LogP contribution is 2.57. The molecule has 0 bridgehead atoms. The Morgan fingerprint density at radius 2 is 1.22 bits per heavy atom. The number of aromatic hydroxyl groups is 3. The summed E-state index contributed by atoms with van der Waals surface area (Å²) in [6.07, 6.45) is 5.62. The van der Waals surface area contributed by atoms with Gasteiger partial charge in [0, 0.05) is 31.0 Å². The number of nitrogens with zero attached hydrogens (tertiary/aromatic N) is 2. The van der Waals surface area contributed by atoms with Gasteiger partial charge >= 0.3 is 0 Å². The normalized spacial score (nSPS) is 27.2. The van der Waals surface area contributed by atoms with Crippen LogP contribution in [0, 0.1) is 35.5 Å². The first-order valence-electron chi connectivity index (χ1n) is 16.8. The van der Waals surface area contributed by atoms with Gasteiger partial charge in [0.25, 0.3) is 0 Å². The number of benzene rings is 3. The second-order valence-corrected chi connectivity index (χ2v) is 13.8. The van der Waals surface area contributed by atoms with Gasteiger partial charge in [0.05, 0.1) is 29.9 Å². The molecule has 3 N–H and O–H groups in total. The fraction of sp³-hybridized carbons (Fsp3) is 0.333. The van der Waals surface area contributed by atoms with E-state index in [4.69, 9.17) is 4.74 Å². The molecule has 3 heterocycles. The number of hydrogen-bond acceptors (Lipinski definition) is 8. The molecule has 3 fully saturated rings. The molecule has 3 aromatic carbocycles. The van der Waals surface area contributed by atoms with E-state index in [2.05, 4.69) is 0 Å². The Kier molecular flexibility index (Phi) is 7.54. The molecule has 5 aliphatic rings. The molecule has 49 heavy (non-hydrogen) atoms. The maximum atomic E-state index is 14.3. The third-order valence-electron chi connectivity index (χ3n) is 11.1. The van der Waals surface area contributed by atoms with Gasteiger partial charge < -0.3 is 20.1 Å². The van der Waals surface area contributed by atoms with E-state index >= 15 is 0 Å². The van der Waals surface area contributed by atoms with Crippen LogP contribution in [0.3, 0.4) is 0 Å². The molecule has 4 amide bonds. The van der Waals surface area contributed by atoms with Gasteiger partial charge in [-0.3, -0.25) is 29.0 Å². The third-order valence-corrected chi connectivity index (χ3v) is 11.1. The average Bonchev–Trinajstić information content (AvgIpc) is 3.49. The Morgan fingerprint density at radius 1 is 0.653 bits per heavy atom. The minimum atomic E-state index is -0.683. The van der Waals surface area contributed by atoms with Crippen molar-refractivity contribution in [2.75, 3.05) is 13.1 Å². The van der Waals surface area contributed by atoms with E-state index in [0.29, 0.717) is 37.9 Å². The van der Waals surface area contributed by atoms with E-state index in [0.717, 1.165) is 27.8 Å². The van der Waals surface area contributed by atoms with E-state index in [9.17, 15) is 34.5 Å². The second kappa shape index (κ2) is 11.9. The van der Waals surface area contributed by atoms with Crippen molar-refractivity contribution in [3.05, 3.63) is 107 Å². The number of phenols is 3. The lowest BCUT2D eigenvalue weighted by Gasteiger charge is -2.45. The minimum Gasteiger partial charge on any atom is -0.508 e. The van der Waals surface area contributed by atoms with Gasteiger partial charge in [-0.05, 0) is 90.8 Å². The molecule has 0 spiro atoms. The van der Waals surface area contributed by atoms with Crippen molar-refractivity contribution < 1.29 is 39.2 Å². The summed E-state index contributed by atoms with van der Waals surface area (Å²) in [6, 6.07) is 18.3. The molecule has 3 aromatic rings. The summed E-state index contributed by atoms with van der Waals surface area (Å²) < 4.78 is 6.02. The summed E-state index contributed by atoms with van der Waals surface area (Å²) >= 11 is 0. The summed E-state index contributed by atoms with van der Waals surface area (Å²) in [5, 5.41) is 29.6. The lowest BCUT2D eigenvalue weighted by molar-refractivity contribution is -0.142. The predicted octanol–water partition coefficient (Wildman–Crippen LogP) is 4.28. The van der Waals surface area contributed by atoms with Crippen LogP contribution in [-0.2, 0) is 38.4 Å². The first-order chi connectivity index (χ1) is 23.7. The van der Waals surface area contributed by atoms with Crippen molar-refractivity contribution in [2.24, 2.45) is 35.5 Å². The maximum Gasteiger partial charge on any atom is 0.234 e. The van der Waals surface area contributed by atoms with Crippen LogP contribution < -0.4 is 4.74 Å². The SMILES string of the molecule is O=C1C2CC=C3C(CC4C(=O)N(CCc5ccc(O)cc5)C(=O)C4C3C3=COc4ccc(O)cc4C3)C2C(=O)N1CCc1ccc(O)cc1. The Hall–Kier alpha value is -5.38. The molecule has 3 aliphatic heterocycles. The summed E-state index contributed by atoms with van der Waals surface area (Å²) in [5.74, 6) is -3.43. The number of allylic oxidation sites excluding steroid dienone is 3. The number of carbonyl (C=O) groups is 4. The highest BCUT2D eigenvalue weighted by molar-refractivity contribution is 6.07. The monoisotopic (exact) mass is 660 g/mol. The number of rotatable bonds is 7. The first kappa shape index (κ1) is 30.9. The smallest absolute Gasteiger partial charge is 0.234 e. The zero-order valence-electron chi connectivity index (χ0n) is 26.7. The van der Waals surface area contributed by atoms with Gasteiger partial charge in [0.2, 0.25) is 23.6 Å². The topological polar surface area (TPSA) is 145 Å². The molecule has 6 unspecified atom stereocenters. The molecule has 2 saturated heterocycles. The van der Waals surface area contributed by atoms with Gasteiger partial charge in [-0.15, -0.1) is 0 Å². The van der Waals surface area contributed by atoms with Crippen molar-refractivity contribution in [2.45, 2.75) is 32.1 Å². The average molecular weight is 661 g/mol. The molecule has 10 heteroatoms. The number of amides is 4. The Morgan fingerprint density at radius 3 is 1.86 bits per heavy atom. The Labute approximate surface area is 282 Å². The van der Waals surface area contributed by atoms with E-state index in [-0.39, 0.29) is 54.0 Å². The fourth-order valence-corrected chi connectivity index (χ4v) is 8.79. The molecule has 1 saturated carbocycles. The molecular formula is C39H36N2O8. The quantitative estimate of drug-likeness (QED) is 0.252. The maximum absolute atomic E-state index is 14.3. The lowest BCUT2D eigenvalue weighted by Crippen LogP contribution is -2.45. The summed E-state index contributed by atoms with van der Waals surface area (Å²) in [7, 11) is 0. The predicted molar refractivity (Wildman–Crippen MR) is 176 cm³/mol. The van der Waals surface area contributed by atoms with Crippen molar-refractivity contribution in [1.29, 1.82) is 0 Å². The van der Waals surface area contributed by atoms with Crippen LogP contribution in [0.25, 0.3) is 0 Å². The van der Waals surface area contributed by atoms with Crippen molar-refractivity contribution in [1.82, 2.24) is 9.80 Å². The molecule has 0 aromatic heterocycles. The van der Waals surface area contributed by atoms with Gasteiger partial charge in [0.15, 0.2) is 0 Å². The lowest BCUT2D eigenvalue weighted by atomic mass is 9.56. The van der Waals surface area contributed by atoms with Crippen molar-refractivity contribution in [3.63, 3.8) is 0 Å². The van der Waals surface area contributed by atoms with E-state index in [1.54, 1.807) is 73.0 Å². The number of ether oxygens (including phenoxy) is 1. The molecule has 8 rings (SSSR count). The highest BCUT2D eigenvalue weighted by atomic mass is 16.5. The summed E-state index contributed by atoms with van der Waals surface area (Å²) in [5.41, 5.74) is 4.24. The number of likely N-dealkylation sites (tertiary alicyclic amines) is 2.